The summed E-state index contributed by atoms with van der Waals surface area (Å²) in [6.45, 7) is 1.82. The lowest BCUT2D eigenvalue weighted by Crippen LogP contribution is -2.19. The number of hydrogen-bond donors (Lipinski definition) is 0. The number of pyridine rings is 1. The quantitative estimate of drug-likeness (QED) is 0.742. The average molecular weight is 311 g/mol. The van der Waals surface area contributed by atoms with Gasteiger partial charge in [0, 0.05) is 21.0 Å². The van der Waals surface area contributed by atoms with Gasteiger partial charge in [0.2, 0.25) is 0 Å². The minimum Gasteiger partial charge on any atom is -0.284 e. The van der Waals surface area contributed by atoms with Gasteiger partial charge in [0.25, 0.3) is 5.56 Å². The Labute approximate surface area is 102 Å². The van der Waals surface area contributed by atoms with E-state index < -0.39 is 0 Å². The highest BCUT2D eigenvalue weighted by molar-refractivity contribution is 14.1. The van der Waals surface area contributed by atoms with E-state index in [1.165, 1.54) is 0 Å². The van der Waals surface area contributed by atoms with Crippen LogP contribution in [0, 0.1) is 10.5 Å². The summed E-state index contributed by atoms with van der Waals surface area (Å²) in [6.07, 6.45) is 1.79. The van der Waals surface area contributed by atoms with Crippen LogP contribution < -0.4 is 5.56 Å². The van der Waals surface area contributed by atoms with Crippen molar-refractivity contribution in [3.63, 3.8) is 0 Å². The summed E-state index contributed by atoms with van der Waals surface area (Å²) in [5.74, 6) is 0. The number of hydrogen-bond acceptors (Lipinski definition) is 1. The van der Waals surface area contributed by atoms with E-state index in [9.17, 15) is 4.79 Å². The number of aromatic nitrogens is 1. The smallest absolute Gasteiger partial charge is 0.257 e. The Kier molecular flexibility index (Phi) is 2.90. The van der Waals surface area contributed by atoms with Crippen LogP contribution in [-0.2, 0) is 0 Å². The van der Waals surface area contributed by atoms with E-state index >= 15 is 0 Å². The predicted molar refractivity (Wildman–Crippen MR) is 69.5 cm³/mol. The molecule has 15 heavy (non-hydrogen) atoms. The van der Waals surface area contributed by atoms with E-state index in [0.717, 1.165) is 14.8 Å². The molecule has 2 aromatic rings. The fraction of sp³-hybridized carbons (Fsp3) is 0.0833. The lowest BCUT2D eigenvalue weighted by Gasteiger charge is -2.05. The SMILES string of the molecule is Cc1cccn(-c2ccc(I)cc2)c1=O. The Balaban J connectivity index is 2.59. The molecule has 1 aromatic carbocycles. The van der Waals surface area contributed by atoms with Crippen LogP contribution in [-0.4, -0.2) is 4.57 Å². The number of aryl methyl sites for hydroxylation is 1. The number of halogens is 1. The van der Waals surface area contributed by atoms with Crippen LogP contribution in [0.3, 0.4) is 0 Å². The highest BCUT2D eigenvalue weighted by Gasteiger charge is 2.00. The first-order valence-corrected chi connectivity index (χ1v) is 5.70. The first-order chi connectivity index (χ1) is 7.18. The molecule has 0 unspecified atom stereocenters. The Morgan fingerprint density at radius 3 is 2.47 bits per heavy atom. The summed E-state index contributed by atoms with van der Waals surface area (Å²) < 4.78 is 2.82. The highest BCUT2D eigenvalue weighted by Crippen LogP contribution is 2.09. The maximum atomic E-state index is 11.8. The van der Waals surface area contributed by atoms with Gasteiger partial charge in [-0.25, -0.2) is 0 Å². The third-order valence-corrected chi connectivity index (χ3v) is 2.96. The number of rotatable bonds is 1. The van der Waals surface area contributed by atoms with E-state index in [1.54, 1.807) is 10.8 Å². The molecule has 0 radical (unpaired) electrons. The van der Waals surface area contributed by atoms with Crippen LogP contribution in [0.2, 0.25) is 0 Å². The third-order valence-electron chi connectivity index (χ3n) is 2.24. The molecule has 2 rings (SSSR count). The molecule has 0 aliphatic heterocycles. The highest BCUT2D eigenvalue weighted by atomic mass is 127. The summed E-state index contributed by atoms with van der Waals surface area (Å²) in [6, 6.07) is 11.6. The third kappa shape index (κ3) is 2.12. The fourth-order valence-corrected chi connectivity index (χ4v) is 1.77. The monoisotopic (exact) mass is 311 g/mol. The van der Waals surface area contributed by atoms with Crippen LogP contribution in [0.25, 0.3) is 5.69 Å². The maximum absolute atomic E-state index is 11.8. The second kappa shape index (κ2) is 4.18. The van der Waals surface area contributed by atoms with Crippen molar-refractivity contribution in [2.75, 3.05) is 0 Å². The molecule has 0 fully saturated rings. The first kappa shape index (κ1) is 10.4. The fourth-order valence-electron chi connectivity index (χ4n) is 1.41. The van der Waals surface area contributed by atoms with E-state index in [2.05, 4.69) is 22.6 Å². The van der Waals surface area contributed by atoms with Gasteiger partial charge in [-0.15, -0.1) is 0 Å². The second-order valence-electron chi connectivity index (χ2n) is 3.34. The number of benzene rings is 1. The molecule has 0 saturated heterocycles. The van der Waals surface area contributed by atoms with Gasteiger partial charge in [0.15, 0.2) is 0 Å². The zero-order valence-corrected chi connectivity index (χ0v) is 10.4. The zero-order chi connectivity index (χ0) is 10.8. The average Bonchev–Trinajstić information content (AvgIpc) is 2.24. The van der Waals surface area contributed by atoms with Gasteiger partial charge in [-0.1, -0.05) is 6.07 Å². The van der Waals surface area contributed by atoms with Gasteiger partial charge in [-0.2, -0.15) is 0 Å². The van der Waals surface area contributed by atoms with Gasteiger partial charge in [0.1, 0.15) is 0 Å². The van der Waals surface area contributed by atoms with Crippen LogP contribution in [0.1, 0.15) is 5.56 Å². The summed E-state index contributed by atoms with van der Waals surface area (Å²) >= 11 is 2.24. The van der Waals surface area contributed by atoms with E-state index in [-0.39, 0.29) is 5.56 Å². The van der Waals surface area contributed by atoms with Crippen LogP contribution in [0.5, 0.6) is 0 Å². The molecule has 1 heterocycles. The predicted octanol–water partition coefficient (Wildman–Crippen LogP) is 2.75. The van der Waals surface area contributed by atoms with Crippen molar-refractivity contribution in [1.82, 2.24) is 4.57 Å². The molecule has 0 aliphatic carbocycles. The lowest BCUT2D eigenvalue weighted by atomic mass is 10.2. The summed E-state index contributed by atoms with van der Waals surface area (Å²) in [4.78, 5) is 11.8. The van der Waals surface area contributed by atoms with Gasteiger partial charge in [-0.3, -0.25) is 9.36 Å². The molecule has 0 saturated carbocycles. The van der Waals surface area contributed by atoms with Crippen molar-refractivity contribution in [2.45, 2.75) is 6.92 Å². The normalized spacial score (nSPS) is 10.3. The summed E-state index contributed by atoms with van der Waals surface area (Å²) in [5, 5.41) is 0. The maximum Gasteiger partial charge on any atom is 0.257 e. The van der Waals surface area contributed by atoms with Crippen molar-refractivity contribution in [1.29, 1.82) is 0 Å². The summed E-state index contributed by atoms with van der Waals surface area (Å²) in [5.41, 5.74) is 1.71. The van der Waals surface area contributed by atoms with E-state index in [1.807, 2.05) is 43.3 Å². The molecule has 76 valence electrons. The van der Waals surface area contributed by atoms with E-state index in [4.69, 9.17) is 0 Å². The van der Waals surface area contributed by atoms with Crippen molar-refractivity contribution < 1.29 is 0 Å². The minimum absolute atomic E-state index is 0.0405. The number of nitrogens with zero attached hydrogens (tertiary/aromatic N) is 1. The van der Waals surface area contributed by atoms with Gasteiger partial charge >= 0.3 is 0 Å². The molecule has 1 aromatic heterocycles. The molecule has 0 aliphatic rings. The molecule has 0 N–H and O–H groups in total. The zero-order valence-electron chi connectivity index (χ0n) is 8.27. The van der Waals surface area contributed by atoms with Crippen molar-refractivity contribution in [3.8, 4) is 5.69 Å². The molecular weight excluding hydrogens is 301 g/mol. The molecule has 0 spiro atoms. The standard InChI is InChI=1S/C12H10INO/c1-9-3-2-8-14(12(9)15)11-6-4-10(13)5-7-11/h2-8H,1H3. The Bertz CT molecular complexity index is 528. The van der Waals surface area contributed by atoms with Gasteiger partial charge < -0.3 is 0 Å². The van der Waals surface area contributed by atoms with Crippen LogP contribution in [0.4, 0.5) is 0 Å². The van der Waals surface area contributed by atoms with Gasteiger partial charge in [0.05, 0.1) is 0 Å². The second-order valence-corrected chi connectivity index (χ2v) is 4.59. The lowest BCUT2D eigenvalue weighted by molar-refractivity contribution is 0.970. The van der Waals surface area contributed by atoms with Crippen LogP contribution >= 0.6 is 22.6 Å². The Hall–Kier alpha value is -1.10. The Morgan fingerprint density at radius 1 is 1.13 bits per heavy atom. The molecule has 3 heteroatoms. The summed E-state index contributed by atoms with van der Waals surface area (Å²) in [7, 11) is 0. The van der Waals surface area contributed by atoms with Crippen LogP contribution in [0.15, 0.2) is 47.4 Å². The molecule has 0 amide bonds. The molecule has 0 bridgehead atoms. The topological polar surface area (TPSA) is 22.0 Å². The molecular formula is C12H10INO. The van der Waals surface area contributed by atoms with E-state index in [0.29, 0.717) is 0 Å². The Morgan fingerprint density at radius 2 is 1.80 bits per heavy atom. The minimum atomic E-state index is 0.0405. The molecule has 2 nitrogen and oxygen atoms in total. The van der Waals surface area contributed by atoms with Crippen molar-refractivity contribution in [2.24, 2.45) is 0 Å². The molecule has 0 atom stereocenters. The largest absolute Gasteiger partial charge is 0.284 e. The van der Waals surface area contributed by atoms with Crippen molar-refractivity contribution in [3.05, 3.63) is 62.1 Å². The first-order valence-electron chi connectivity index (χ1n) is 4.63. The van der Waals surface area contributed by atoms with Crippen molar-refractivity contribution >= 4 is 22.6 Å². The van der Waals surface area contributed by atoms with Gasteiger partial charge in [-0.05, 0) is 59.8 Å².